The first-order chi connectivity index (χ1) is 11.2. The zero-order valence-corrected chi connectivity index (χ0v) is 13.2. The van der Waals surface area contributed by atoms with Gasteiger partial charge in [-0.1, -0.05) is 18.2 Å². The van der Waals surface area contributed by atoms with Crippen LogP contribution < -0.4 is 10.6 Å². The zero-order valence-electron chi connectivity index (χ0n) is 12.4. The molecule has 0 amide bonds. The molecule has 2 aromatic rings. The highest BCUT2D eigenvalue weighted by atomic mass is 32.1. The summed E-state index contributed by atoms with van der Waals surface area (Å²) in [5.74, 6) is 0. The molecule has 2 rings (SSSR count). The van der Waals surface area contributed by atoms with Crippen molar-refractivity contribution in [2.75, 3.05) is 10.6 Å². The number of hydrogen-bond donors (Lipinski definition) is 2. The summed E-state index contributed by atoms with van der Waals surface area (Å²) in [4.78, 5) is 1.19. The Labute approximate surface area is 138 Å². The SMILES string of the molecule is CC(Nc1ccccc1NC(C#N)=C(C#N)C#N)c1cccs1. The minimum absolute atomic E-state index is 0.0620. The predicted octanol–water partition coefficient (Wildman–Crippen LogP) is 4.16. The maximum absolute atomic E-state index is 9.15. The smallest absolute Gasteiger partial charge is 0.163 e. The first-order valence-corrected chi connectivity index (χ1v) is 7.68. The molecule has 1 aromatic heterocycles. The highest BCUT2D eigenvalue weighted by molar-refractivity contribution is 7.10. The summed E-state index contributed by atoms with van der Waals surface area (Å²) in [6, 6.07) is 16.8. The van der Waals surface area contributed by atoms with E-state index in [0.717, 1.165) is 5.69 Å². The molecule has 2 N–H and O–H groups in total. The van der Waals surface area contributed by atoms with Crippen LogP contribution in [-0.2, 0) is 0 Å². The Morgan fingerprint density at radius 2 is 1.70 bits per heavy atom. The lowest BCUT2D eigenvalue weighted by molar-refractivity contribution is 0.908. The van der Waals surface area contributed by atoms with E-state index in [-0.39, 0.29) is 17.3 Å². The summed E-state index contributed by atoms with van der Waals surface area (Å²) in [5.41, 5.74) is 1.12. The lowest BCUT2D eigenvalue weighted by Gasteiger charge is -2.17. The van der Waals surface area contributed by atoms with E-state index in [1.807, 2.05) is 48.7 Å². The maximum atomic E-state index is 9.15. The van der Waals surface area contributed by atoms with Crippen molar-refractivity contribution in [1.29, 1.82) is 15.8 Å². The molecule has 1 aromatic carbocycles. The summed E-state index contributed by atoms with van der Waals surface area (Å²) in [6.45, 7) is 2.04. The number of allylic oxidation sites excluding steroid dienone is 2. The molecule has 1 atom stereocenters. The van der Waals surface area contributed by atoms with Crippen LogP contribution in [0.5, 0.6) is 0 Å². The fourth-order valence-electron chi connectivity index (χ4n) is 1.98. The van der Waals surface area contributed by atoms with Gasteiger partial charge in [-0.15, -0.1) is 11.3 Å². The summed E-state index contributed by atoms with van der Waals surface area (Å²) in [6.07, 6.45) is 0. The molecule has 0 bridgehead atoms. The third kappa shape index (κ3) is 3.89. The molecule has 5 nitrogen and oxygen atoms in total. The second kappa shape index (κ2) is 7.66. The van der Waals surface area contributed by atoms with Crippen LogP contribution in [0.15, 0.2) is 53.0 Å². The van der Waals surface area contributed by atoms with Gasteiger partial charge in [-0.25, -0.2) is 0 Å². The van der Waals surface area contributed by atoms with Gasteiger partial charge in [-0.3, -0.25) is 0 Å². The topological polar surface area (TPSA) is 95.4 Å². The van der Waals surface area contributed by atoms with Crippen molar-refractivity contribution in [1.82, 2.24) is 0 Å². The van der Waals surface area contributed by atoms with Crippen LogP contribution in [0.4, 0.5) is 11.4 Å². The van der Waals surface area contributed by atoms with Gasteiger partial charge in [0.05, 0.1) is 17.4 Å². The van der Waals surface area contributed by atoms with Crippen LogP contribution in [0, 0.1) is 34.0 Å². The van der Waals surface area contributed by atoms with Crippen molar-refractivity contribution in [2.45, 2.75) is 13.0 Å². The van der Waals surface area contributed by atoms with Crippen molar-refractivity contribution in [2.24, 2.45) is 0 Å². The summed E-state index contributed by atoms with van der Waals surface area (Å²) < 4.78 is 0. The van der Waals surface area contributed by atoms with Gasteiger partial charge in [0.15, 0.2) is 5.57 Å². The molecule has 0 saturated heterocycles. The van der Waals surface area contributed by atoms with E-state index in [0.29, 0.717) is 5.69 Å². The molecule has 1 unspecified atom stereocenters. The Bertz CT molecular complexity index is 815. The van der Waals surface area contributed by atoms with Gasteiger partial charge in [0.25, 0.3) is 0 Å². The molecule has 0 aliphatic carbocycles. The van der Waals surface area contributed by atoms with E-state index in [4.69, 9.17) is 15.8 Å². The lowest BCUT2D eigenvalue weighted by Crippen LogP contribution is -2.08. The number of anilines is 2. The normalized spacial score (nSPS) is 10.5. The zero-order chi connectivity index (χ0) is 16.7. The quantitative estimate of drug-likeness (QED) is 0.807. The van der Waals surface area contributed by atoms with Gasteiger partial charge in [-0.05, 0) is 30.5 Å². The minimum Gasteiger partial charge on any atom is -0.376 e. The number of thiophene rings is 1. The number of hydrogen-bond acceptors (Lipinski definition) is 6. The largest absolute Gasteiger partial charge is 0.376 e. The molecule has 0 spiro atoms. The lowest BCUT2D eigenvalue weighted by atomic mass is 10.2. The summed E-state index contributed by atoms with van der Waals surface area (Å²) in [7, 11) is 0. The number of nitrogens with one attached hydrogen (secondary N) is 2. The van der Waals surface area contributed by atoms with E-state index in [1.54, 1.807) is 29.5 Å². The predicted molar refractivity (Wildman–Crippen MR) is 90.3 cm³/mol. The van der Waals surface area contributed by atoms with Crippen LogP contribution in [0.25, 0.3) is 0 Å². The second-order valence-electron chi connectivity index (χ2n) is 4.64. The first kappa shape index (κ1) is 16.1. The summed E-state index contributed by atoms with van der Waals surface area (Å²) in [5, 5.41) is 35.2. The number of benzene rings is 1. The van der Waals surface area contributed by atoms with E-state index < -0.39 is 0 Å². The van der Waals surface area contributed by atoms with Gasteiger partial charge in [0.1, 0.15) is 23.9 Å². The van der Waals surface area contributed by atoms with Gasteiger partial charge in [-0.2, -0.15) is 15.8 Å². The molecule has 6 heteroatoms. The average Bonchev–Trinajstić information content (AvgIpc) is 3.11. The first-order valence-electron chi connectivity index (χ1n) is 6.80. The van der Waals surface area contributed by atoms with E-state index in [2.05, 4.69) is 10.6 Å². The van der Waals surface area contributed by atoms with Crippen LogP contribution >= 0.6 is 11.3 Å². The molecule has 0 aliphatic heterocycles. The van der Waals surface area contributed by atoms with Crippen LogP contribution in [0.1, 0.15) is 17.8 Å². The standard InChI is InChI=1S/C17H13N5S/c1-12(17-7-4-8-23-17)21-14-5-2-3-6-15(14)22-16(11-20)13(9-18)10-19/h2-8,12,21-22H,1H3. The molecular weight excluding hydrogens is 306 g/mol. The maximum Gasteiger partial charge on any atom is 0.163 e. The molecule has 0 saturated carbocycles. The van der Waals surface area contributed by atoms with E-state index in [9.17, 15) is 0 Å². The summed E-state index contributed by atoms with van der Waals surface area (Å²) >= 11 is 1.66. The Hall–Kier alpha value is -3.27. The number of nitrogens with zero attached hydrogens (tertiary/aromatic N) is 3. The Morgan fingerprint density at radius 3 is 2.26 bits per heavy atom. The Balaban J connectivity index is 2.29. The molecule has 0 radical (unpaired) electrons. The molecule has 23 heavy (non-hydrogen) atoms. The molecule has 0 fully saturated rings. The van der Waals surface area contributed by atoms with E-state index >= 15 is 0 Å². The third-order valence-corrected chi connectivity index (χ3v) is 4.17. The fourth-order valence-corrected chi connectivity index (χ4v) is 2.71. The van der Waals surface area contributed by atoms with Crippen molar-refractivity contribution in [3.63, 3.8) is 0 Å². The van der Waals surface area contributed by atoms with Crippen molar-refractivity contribution < 1.29 is 0 Å². The number of rotatable bonds is 5. The molecule has 0 aliphatic rings. The van der Waals surface area contributed by atoms with Gasteiger partial charge in [0, 0.05) is 4.88 Å². The third-order valence-electron chi connectivity index (χ3n) is 3.11. The Kier molecular flexibility index (Phi) is 5.36. The monoisotopic (exact) mass is 319 g/mol. The fraction of sp³-hybridized carbons (Fsp3) is 0.118. The highest BCUT2D eigenvalue weighted by Gasteiger charge is 2.11. The van der Waals surface area contributed by atoms with Crippen molar-refractivity contribution >= 4 is 22.7 Å². The van der Waals surface area contributed by atoms with Crippen molar-refractivity contribution in [3.8, 4) is 18.2 Å². The number of para-hydroxylation sites is 2. The van der Waals surface area contributed by atoms with Crippen molar-refractivity contribution in [3.05, 3.63) is 57.9 Å². The van der Waals surface area contributed by atoms with Gasteiger partial charge < -0.3 is 10.6 Å². The minimum atomic E-state index is -0.242. The van der Waals surface area contributed by atoms with Crippen LogP contribution in [-0.4, -0.2) is 0 Å². The van der Waals surface area contributed by atoms with E-state index in [1.165, 1.54) is 4.88 Å². The number of nitriles is 3. The van der Waals surface area contributed by atoms with Crippen LogP contribution in [0.2, 0.25) is 0 Å². The second-order valence-corrected chi connectivity index (χ2v) is 5.62. The molecule has 112 valence electrons. The average molecular weight is 319 g/mol. The van der Waals surface area contributed by atoms with Gasteiger partial charge in [0.2, 0.25) is 0 Å². The molecular formula is C17H13N5S. The molecule has 1 heterocycles. The highest BCUT2D eigenvalue weighted by Crippen LogP contribution is 2.29. The Morgan fingerprint density at radius 1 is 1.00 bits per heavy atom. The van der Waals surface area contributed by atoms with Gasteiger partial charge >= 0.3 is 0 Å². The van der Waals surface area contributed by atoms with Crippen LogP contribution in [0.3, 0.4) is 0 Å².